The predicted molar refractivity (Wildman–Crippen MR) is 102 cm³/mol. The summed E-state index contributed by atoms with van der Waals surface area (Å²) in [5.74, 6) is -0.466. The largest absolute Gasteiger partial charge is 0.352 e. The number of amides is 3. The molecule has 0 spiro atoms. The normalized spacial score (nSPS) is 16.5. The van der Waals surface area contributed by atoms with Crippen LogP contribution in [-0.2, 0) is 14.4 Å². The third-order valence-electron chi connectivity index (χ3n) is 3.96. The second kappa shape index (κ2) is 8.09. The van der Waals surface area contributed by atoms with Gasteiger partial charge in [0.05, 0.1) is 23.0 Å². The smallest absolute Gasteiger partial charge is 0.254 e. The summed E-state index contributed by atoms with van der Waals surface area (Å²) in [6, 6.07) is 7.26. The molecule has 1 aromatic rings. The fraction of sp³-hybridized carbons (Fsp3) is 0.412. The Morgan fingerprint density at radius 2 is 2.12 bits per heavy atom. The van der Waals surface area contributed by atoms with Crippen molar-refractivity contribution in [2.45, 2.75) is 18.9 Å². The van der Waals surface area contributed by atoms with Gasteiger partial charge in [0.15, 0.2) is 5.17 Å². The van der Waals surface area contributed by atoms with Crippen LogP contribution < -0.4 is 10.2 Å². The van der Waals surface area contributed by atoms with Crippen molar-refractivity contribution in [2.75, 3.05) is 30.8 Å². The maximum Gasteiger partial charge on any atom is 0.254 e. The number of nitrogens with zero attached hydrogens (tertiary/aromatic N) is 3. The predicted octanol–water partition coefficient (Wildman–Crippen LogP) is 1.51. The van der Waals surface area contributed by atoms with Crippen LogP contribution in [0.4, 0.5) is 5.69 Å². The quantitative estimate of drug-likeness (QED) is 0.792. The van der Waals surface area contributed by atoms with Crippen molar-refractivity contribution in [1.82, 2.24) is 10.2 Å². The molecule has 1 N–H and O–H groups in total. The monoisotopic (exact) mass is 394 g/mol. The highest BCUT2D eigenvalue weighted by Crippen LogP contribution is 2.30. The van der Waals surface area contributed by atoms with Gasteiger partial charge >= 0.3 is 0 Å². The highest BCUT2D eigenvalue weighted by Gasteiger charge is 2.30. The number of benzene rings is 1. The maximum absolute atomic E-state index is 12.3. The Kier molecular flexibility index (Phi) is 5.83. The Hall–Kier alpha value is -2.06. The minimum Gasteiger partial charge on any atom is -0.352 e. The molecular weight excluding hydrogens is 376 g/mol. The fourth-order valence-electron chi connectivity index (χ4n) is 2.41. The molecule has 0 bridgehead atoms. The van der Waals surface area contributed by atoms with Crippen LogP contribution in [0.1, 0.15) is 12.8 Å². The lowest BCUT2D eigenvalue weighted by molar-refractivity contribution is -0.132. The first kappa shape index (κ1) is 18.7. The van der Waals surface area contributed by atoms with Crippen molar-refractivity contribution in [2.24, 2.45) is 4.99 Å². The number of aliphatic imine (C=N–C) groups is 1. The molecule has 2 aliphatic rings. The van der Waals surface area contributed by atoms with Crippen LogP contribution in [0, 0.1) is 0 Å². The maximum atomic E-state index is 12.3. The van der Waals surface area contributed by atoms with Gasteiger partial charge in [0.1, 0.15) is 6.54 Å². The first-order valence-electron chi connectivity index (χ1n) is 8.24. The number of carbonyl (C=O) groups is 3. The second-order valence-electron chi connectivity index (χ2n) is 6.16. The molecule has 0 atom stereocenters. The SMILES string of the molecule is CN(CC(=O)NC1CC1)C(=O)CSC1=NCC(=O)N1c1ccccc1Cl. The van der Waals surface area contributed by atoms with Crippen LogP contribution in [-0.4, -0.2) is 59.7 Å². The number of nitrogens with one attached hydrogen (secondary N) is 1. The molecule has 9 heteroatoms. The first-order valence-corrected chi connectivity index (χ1v) is 9.60. The summed E-state index contributed by atoms with van der Waals surface area (Å²) < 4.78 is 0. The van der Waals surface area contributed by atoms with Gasteiger partial charge in [0.25, 0.3) is 5.91 Å². The molecule has 1 saturated carbocycles. The second-order valence-corrected chi connectivity index (χ2v) is 7.51. The van der Waals surface area contributed by atoms with Crippen molar-refractivity contribution in [1.29, 1.82) is 0 Å². The van der Waals surface area contributed by atoms with E-state index in [0.29, 0.717) is 15.9 Å². The van der Waals surface area contributed by atoms with Crippen molar-refractivity contribution in [3.05, 3.63) is 29.3 Å². The summed E-state index contributed by atoms with van der Waals surface area (Å²) in [4.78, 5) is 43.2. The summed E-state index contributed by atoms with van der Waals surface area (Å²) in [7, 11) is 1.59. The number of likely N-dealkylation sites (N-methyl/N-ethyl adjacent to an activating group) is 1. The van der Waals surface area contributed by atoms with E-state index in [0.717, 1.165) is 24.6 Å². The zero-order valence-corrected chi connectivity index (χ0v) is 15.8. The van der Waals surface area contributed by atoms with Crippen LogP contribution in [0.5, 0.6) is 0 Å². The van der Waals surface area contributed by atoms with Gasteiger partial charge in [-0.25, -0.2) is 0 Å². The average Bonchev–Trinajstić information content (AvgIpc) is 3.34. The minimum absolute atomic E-state index is 0.0233. The summed E-state index contributed by atoms with van der Waals surface area (Å²) in [6.07, 6.45) is 2.01. The van der Waals surface area contributed by atoms with Crippen molar-refractivity contribution >= 4 is 51.9 Å². The molecule has 1 aliphatic heterocycles. The van der Waals surface area contributed by atoms with Gasteiger partial charge in [-0.1, -0.05) is 35.5 Å². The van der Waals surface area contributed by atoms with E-state index in [1.165, 1.54) is 9.80 Å². The van der Waals surface area contributed by atoms with Crippen molar-refractivity contribution < 1.29 is 14.4 Å². The Labute approximate surface area is 160 Å². The third-order valence-corrected chi connectivity index (χ3v) is 5.24. The van der Waals surface area contributed by atoms with E-state index in [4.69, 9.17) is 11.6 Å². The van der Waals surface area contributed by atoms with Gasteiger partial charge in [-0.05, 0) is 25.0 Å². The number of anilines is 1. The van der Waals surface area contributed by atoms with Crippen LogP contribution in [0.3, 0.4) is 0 Å². The molecule has 138 valence electrons. The molecule has 3 rings (SSSR count). The highest BCUT2D eigenvalue weighted by atomic mass is 35.5. The standard InChI is InChI=1S/C17H19ClN4O3S/c1-21(9-14(23)20-11-6-7-11)16(25)10-26-17-19-8-15(24)22(17)13-5-3-2-4-12(13)18/h2-5,11H,6-10H2,1H3,(H,20,23). The number of halogens is 1. The lowest BCUT2D eigenvalue weighted by atomic mass is 10.3. The van der Waals surface area contributed by atoms with Gasteiger partial charge in [-0.2, -0.15) is 0 Å². The van der Waals surface area contributed by atoms with Crippen LogP contribution in [0.15, 0.2) is 29.3 Å². The van der Waals surface area contributed by atoms with Crippen LogP contribution in [0.2, 0.25) is 5.02 Å². The minimum atomic E-state index is -0.206. The van der Waals surface area contributed by atoms with E-state index in [-0.39, 0.29) is 42.6 Å². The van der Waals surface area contributed by atoms with Crippen LogP contribution >= 0.6 is 23.4 Å². The number of hydrogen-bond acceptors (Lipinski definition) is 5. The lowest BCUT2D eigenvalue weighted by Crippen LogP contribution is -2.40. The Bertz CT molecular complexity index is 766. The first-order chi connectivity index (χ1) is 12.5. The molecular formula is C17H19ClN4O3S. The van der Waals surface area contributed by atoms with E-state index < -0.39 is 0 Å². The summed E-state index contributed by atoms with van der Waals surface area (Å²) in [5, 5.41) is 3.72. The number of hydrogen-bond donors (Lipinski definition) is 1. The molecule has 1 fully saturated rings. The molecule has 26 heavy (non-hydrogen) atoms. The lowest BCUT2D eigenvalue weighted by Gasteiger charge is -2.20. The Balaban J connectivity index is 1.55. The number of para-hydroxylation sites is 1. The Morgan fingerprint density at radius 3 is 2.81 bits per heavy atom. The topological polar surface area (TPSA) is 82.1 Å². The zero-order valence-electron chi connectivity index (χ0n) is 14.3. The molecule has 0 unspecified atom stereocenters. The van der Waals surface area contributed by atoms with Crippen molar-refractivity contribution in [3.63, 3.8) is 0 Å². The molecule has 7 nitrogen and oxygen atoms in total. The molecule has 0 saturated heterocycles. The van der Waals surface area contributed by atoms with Crippen LogP contribution in [0.25, 0.3) is 0 Å². The van der Waals surface area contributed by atoms with Gasteiger partial charge < -0.3 is 10.2 Å². The van der Waals surface area contributed by atoms with E-state index >= 15 is 0 Å². The number of thioether (sulfide) groups is 1. The zero-order chi connectivity index (χ0) is 18.7. The Morgan fingerprint density at radius 1 is 1.38 bits per heavy atom. The van der Waals surface area contributed by atoms with Gasteiger partial charge in [0, 0.05) is 13.1 Å². The molecule has 1 aromatic carbocycles. The molecule has 0 aromatic heterocycles. The van der Waals surface area contributed by atoms with E-state index in [1.807, 2.05) is 0 Å². The van der Waals surface area contributed by atoms with E-state index in [9.17, 15) is 14.4 Å². The summed E-state index contributed by atoms with van der Waals surface area (Å²) >= 11 is 7.34. The van der Waals surface area contributed by atoms with Crippen molar-refractivity contribution in [3.8, 4) is 0 Å². The third kappa shape index (κ3) is 4.56. The van der Waals surface area contributed by atoms with E-state index in [2.05, 4.69) is 10.3 Å². The number of carbonyl (C=O) groups excluding carboxylic acids is 3. The average molecular weight is 395 g/mol. The highest BCUT2D eigenvalue weighted by molar-refractivity contribution is 8.14. The number of rotatable bonds is 6. The molecule has 3 amide bonds. The fourth-order valence-corrected chi connectivity index (χ4v) is 3.58. The van der Waals surface area contributed by atoms with E-state index in [1.54, 1.807) is 31.3 Å². The molecule has 1 aliphatic carbocycles. The summed E-state index contributed by atoms with van der Waals surface area (Å²) in [5.41, 5.74) is 0.549. The summed E-state index contributed by atoms with van der Waals surface area (Å²) in [6.45, 7) is 0.0525. The van der Waals surface area contributed by atoms with Gasteiger partial charge in [-0.15, -0.1) is 0 Å². The van der Waals surface area contributed by atoms with Gasteiger partial charge in [0.2, 0.25) is 11.8 Å². The number of amidine groups is 1. The molecule has 1 heterocycles. The molecule has 0 radical (unpaired) electrons. The van der Waals surface area contributed by atoms with Gasteiger partial charge in [-0.3, -0.25) is 24.3 Å².